The third-order valence-electron chi connectivity index (χ3n) is 3.06. The van der Waals surface area contributed by atoms with E-state index in [-0.39, 0.29) is 11.9 Å². The summed E-state index contributed by atoms with van der Waals surface area (Å²) in [4.78, 5) is 14.1. The molecule has 5 nitrogen and oxygen atoms in total. The van der Waals surface area contributed by atoms with Gasteiger partial charge < -0.3 is 11.1 Å². The van der Waals surface area contributed by atoms with Gasteiger partial charge in [0.2, 0.25) is 5.91 Å². The smallest absolute Gasteiger partial charge is 0.241 e. The van der Waals surface area contributed by atoms with Crippen LogP contribution < -0.4 is 11.1 Å². The minimum Gasteiger partial charge on any atom is -0.397 e. The second-order valence-electron chi connectivity index (χ2n) is 4.29. The Hall–Kier alpha value is -2.06. The average Bonchev–Trinajstić information content (AvgIpc) is 2.42. The molecule has 3 N–H and O–H groups in total. The summed E-state index contributed by atoms with van der Waals surface area (Å²) in [6.07, 6.45) is 0.416. The van der Waals surface area contributed by atoms with Crippen molar-refractivity contribution >= 4 is 17.3 Å². The molecule has 0 saturated carbocycles. The number of hydrogen-bond donors (Lipinski definition) is 2. The molecule has 5 heteroatoms. The van der Waals surface area contributed by atoms with Gasteiger partial charge in [0.15, 0.2) is 0 Å². The Labute approximate surface area is 114 Å². The number of carbonyl (C=O) groups is 1. The summed E-state index contributed by atoms with van der Waals surface area (Å²) in [6, 6.07) is 8.95. The molecule has 1 amide bonds. The van der Waals surface area contributed by atoms with Crippen molar-refractivity contribution in [2.75, 3.05) is 24.1 Å². The molecule has 1 unspecified atom stereocenters. The average molecular weight is 260 g/mol. The number of rotatable bonds is 6. The van der Waals surface area contributed by atoms with Crippen molar-refractivity contribution in [3.05, 3.63) is 24.3 Å². The Morgan fingerprint density at radius 3 is 2.79 bits per heavy atom. The molecule has 0 aromatic heterocycles. The number of amides is 1. The first-order valence-electron chi connectivity index (χ1n) is 6.36. The fourth-order valence-corrected chi connectivity index (χ4v) is 1.83. The first-order chi connectivity index (χ1) is 9.10. The zero-order valence-electron chi connectivity index (χ0n) is 11.4. The van der Waals surface area contributed by atoms with Crippen LogP contribution in [0.25, 0.3) is 0 Å². The molecule has 0 aliphatic heterocycles. The number of carbonyl (C=O) groups excluding carboxylic acids is 1. The van der Waals surface area contributed by atoms with Crippen LogP contribution >= 0.6 is 0 Å². The van der Waals surface area contributed by atoms with E-state index in [4.69, 9.17) is 11.0 Å². The predicted octanol–water partition coefficient (Wildman–Crippen LogP) is 1.83. The maximum absolute atomic E-state index is 12.1. The van der Waals surface area contributed by atoms with Crippen molar-refractivity contribution in [1.29, 1.82) is 5.26 Å². The molecule has 1 atom stereocenters. The van der Waals surface area contributed by atoms with Gasteiger partial charge >= 0.3 is 0 Å². The lowest BCUT2D eigenvalue weighted by molar-refractivity contribution is -0.120. The molecular weight excluding hydrogens is 240 g/mol. The Balaban J connectivity index is 2.66. The molecular formula is C14H20N4O. The van der Waals surface area contributed by atoms with Crippen LogP contribution in [0.5, 0.6) is 0 Å². The maximum atomic E-state index is 12.1. The third-order valence-corrected chi connectivity index (χ3v) is 3.06. The summed E-state index contributed by atoms with van der Waals surface area (Å²) in [5.41, 5.74) is 6.95. The van der Waals surface area contributed by atoms with E-state index in [1.54, 1.807) is 12.1 Å². The van der Waals surface area contributed by atoms with Gasteiger partial charge in [-0.05, 0) is 25.6 Å². The molecule has 0 heterocycles. The summed E-state index contributed by atoms with van der Waals surface area (Å²) in [5.74, 6) is -0.113. The van der Waals surface area contributed by atoms with Crippen LogP contribution in [0.4, 0.5) is 11.4 Å². The van der Waals surface area contributed by atoms with Crippen LogP contribution in [0.15, 0.2) is 24.3 Å². The zero-order chi connectivity index (χ0) is 14.3. The topological polar surface area (TPSA) is 82.2 Å². The van der Waals surface area contributed by atoms with E-state index in [9.17, 15) is 4.79 Å². The highest BCUT2D eigenvalue weighted by Crippen LogP contribution is 2.17. The Bertz CT molecular complexity index is 467. The van der Waals surface area contributed by atoms with Gasteiger partial charge in [0, 0.05) is 13.0 Å². The van der Waals surface area contributed by atoms with E-state index >= 15 is 0 Å². The van der Waals surface area contributed by atoms with Gasteiger partial charge in [-0.1, -0.05) is 19.1 Å². The van der Waals surface area contributed by atoms with Crippen molar-refractivity contribution in [3.63, 3.8) is 0 Å². The van der Waals surface area contributed by atoms with Crippen LogP contribution in [0.2, 0.25) is 0 Å². The summed E-state index contributed by atoms with van der Waals surface area (Å²) in [6.45, 7) is 5.11. The van der Waals surface area contributed by atoms with Crippen molar-refractivity contribution in [2.24, 2.45) is 0 Å². The fraction of sp³-hybridized carbons (Fsp3) is 0.429. The molecule has 0 radical (unpaired) electrons. The van der Waals surface area contributed by atoms with E-state index < -0.39 is 0 Å². The van der Waals surface area contributed by atoms with Gasteiger partial charge in [-0.25, -0.2) is 0 Å². The minimum atomic E-state index is -0.294. The lowest BCUT2D eigenvalue weighted by Crippen LogP contribution is -2.42. The van der Waals surface area contributed by atoms with Crippen LogP contribution in [-0.2, 0) is 4.79 Å². The predicted molar refractivity (Wildman–Crippen MR) is 76.4 cm³/mol. The fourth-order valence-electron chi connectivity index (χ4n) is 1.83. The summed E-state index contributed by atoms with van der Waals surface area (Å²) in [5, 5.41) is 11.4. The van der Waals surface area contributed by atoms with E-state index in [1.807, 2.05) is 30.9 Å². The number of likely N-dealkylation sites (N-methyl/N-ethyl adjacent to an activating group) is 1. The molecule has 102 valence electrons. The van der Waals surface area contributed by atoms with Crippen molar-refractivity contribution in [3.8, 4) is 6.07 Å². The van der Waals surface area contributed by atoms with Crippen LogP contribution in [0.1, 0.15) is 20.3 Å². The minimum absolute atomic E-state index is 0.113. The SMILES string of the molecule is CCN(CCC#N)C(C)C(=O)Nc1ccccc1N. The second-order valence-corrected chi connectivity index (χ2v) is 4.29. The monoisotopic (exact) mass is 260 g/mol. The highest BCUT2D eigenvalue weighted by molar-refractivity contribution is 5.97. The first-order valence-corrected chi connectivity index (χ1v) is 6.36. The van der Waals surface area contributed by atoms with Gasteiger partial charge in [-0.2, -0.15) is 5.26 Å². The van der Waals surface area contributed by atoms with Crippen LogP contribution in [0, 0.1) is 11.3 Å². The Morgan fingerprint density at radius 2 is 2.21 bits per heavy atom. The highest BCUT2D eigenvalue weighted by Gasteiger charge is 2.20. The molecule has 0 saturated heterocycles. The van der Waals surface area contributed by atoms with E-state index in [1.165, 1.54) is 0 Å². The van der Waals surface area contributed by atoms with E-state index in [2.05, 4.69) is 11.4 Å². The molecule has 0 aliphatic carbocycles. The number of benzene rings is 1. The molecule has 1 rings (SSSR count). The highest BCUT2D eigenvalue weighted by atomic mass is 16.2. The van der Waals surface area contributed by atoms with Crippen LogP contribution in [0.3, 0.4) is 0 Å². The Kier molecular flexibility index (Phi) is 5.83. The van der Waals surface area contributed by atoms with Crippen molar-refractivity contribution in [2.45, 2.75) is 26.3 Å². The number of nitriles is 1. The molecule has 19 heavy (non-hydrogen) atoms. The number of nitrogen functional groups attached to an aromatic ring is 1. The van der Waals surface area contributed by atoms with Crippen LogP contribution in [-0.4, -0.2) is 29.9 Å². The zero-order valence-corrected chi connectivity index (χ0v) is 11.4. The summed E-state index contributed by atoms with van der Waals surface area (Å²) >= 11 is 0. The van der Waals surface area contributed by atoms with E-state index in [0.29, 0.717) is 24.3 Å². The van der Waals surface area contributed by atoms with Gasteiger partial charge in [-0.15, -0.1) is 0 Å². The first kappa shape index (κ1) is 15.0. The second kappa shape index (κ2) is 7.39. The lowest BCUT2D eigenvalue weighted by Gasteiger charge is -2.26. The van der Waals surface area contributed by atoms with Gasteiger partial charge in [0.05, 0.1) is 23.5 Å². The summed E-state index contributed by atoms with van der Waals surface area (Å²) < 4.78 is 0. The third kappa shape index (κ3) is 4.27. The standard InChI is InChI=1S/C14H20N4O/c1-3-18(10-6-9-15)11(2)14(19)17-13-8-5-4-7-12(13)16/h4-5,7-8,11H,3,6,10,16H2,1-2H3,(H,17,19). The van der Waals surface area contributed by atoms with Gasteiger partial charge in [-0.3, -0.25) is 9.69 Å². The van der Waals surface area contributed by atoms with Crippen molar-refractivity contribution in [1.82, 2.24) is 4.90 Å². The van der Waals surface area contributed by atoms with E-state index in [0.717, 1.165) is 6.54 Å². The molecule has 1 aromatic rings. The number of para-hydroxylation sites is 2. The number of hydrogen-bond acceptors (Lipinski definition) is 4. The molecule has 0 aliphatic rings. The normalized spacial score (nSPS) is 11.9. The molecule has 1 aromatic carbocycles. The quantitative estimate of drug-likeness (QED) is 0.764. The lowest BCUT2D eigenvalue weighted by atomic mass is 10.2. The van der Waals surface area contributed by atoms with Crippen molar-refractivity contribution < 1.29 is 4.79 Å². The maximum Gasteiger partial charge on any atom is 0.241 e. The number of anilines is 2. The van der Waals surface area contributed by atoms with Gasteiger partial charge in [0.25, 0.3) is 0 Å². The largest absolute Gasteiger partial charge is 0.397 e. The number of nitrogens with zero attached hydrogens (tertiary/aromatic N) is 2. The Morgan fingerprint density at radius 1 is 1.53 bits per heavy atom. The number of nitrogens with two attached hydrogens (primary N) is 1. The number of nitrogens with one attached hydrogen (secondary N) is 1. The molecule has 0 spiro atoms. The summed E-state index contributed by atoms with van der Waals surface area (Å²) in [7, 11) is 0. The van der Waals surface area contributed by atoms with Gasteiger partial charge in [0.1, 0.15) is 0 Å². The molecule has 0 fully saturated rings. The molecule has 0 bridgehead atoms.